The second-order valence-electron chi connectivity index (χ2n) is 4.82. The van der Waals surface area contributed by atoms with E-state index in [-0.39, 0.29) is 22.3 Å². The number of hydrogen-bond donors (Lipinski definition) is 2. The lowest BCUT2D eigenvalue weighted by Gasteiger charge is -2.10. The van der Waals surface area contributed by atoms with Crippen LogP contribution < -0.4 is 11.1 Å². The normalized spacial score (nSPS) is 15.4. The first-order valence-corrected chi connectivity index (χ1v) is 6.69. The number of carbonyl (C=O) groups is 2. The van der Waals surface area contributed by atoms with Crippen LogP contribution in [0.4, 0.5) is 5.82 Å². The predicted octanol–water partition coefficient (Wildman–Crippen LogP) is 2.35. The number of pyridine rings is 1. The average Bonchev–Trinajstić information content (AvgIpc) is 2.84. The number of anilines is 1. The third kappa shape index (κ3) is 3.67. The highest BCUT2D eigenvalue weighted by Gasteiger charge is 2.19. The van der Waals surface area contributed by atoms with Crippen molar-refractivity contribution in [2.24, 2.45) is 11.7 Å². The predicted molar refractivity (Wildman–Crippen MR) is 73.0 cm³/mol. The number of nitrogens with one attached hydrogen (secondary N) is 1. The van der Waals surface area contributed by atoms with Crippen molar-refractivity contribution in [2.75, 3.05) is 5.32 Å². The van der Waals surface area contributed by atoms with Crippen LogP contribution in [0.5, 0.6) is 0 Å². The zero-order valence-electron chi connectivity index (χ0n) is 10.5. The van der Waals surface area contributed by atoms with E-state index in [0.29, 0.717) is 12.3 Å². The molecule has 1 aliphatic carbocycles. The Balaban J connectivity index is 1.98. The van der Waals surface area contributed by atoms with E-state index in [2.05, 4.69) is 10.3 Å². The summed E-state index contributed by atoms with van der Waals surface area (Å²) in [6.45, 7) is 0. The van der Waals surface area contributed by atoms with Crippen LogP contribution in [0.3, 0.4) is 0 Å². The van der Waals surface area contributed by atoms with E-state index in [0.717, 1.165) is 12.8 Å². The van der Waals surface area contributed by atoms with E-state index >= 15 is 0 Å². The van der Waals surface area contributed by atoms with Crippen molar-refractivity contribution in [1.29, 1.82) is 0 Å². The van der Waals surface area contributed by atoms with Gasteiger partial charge in [-0.3, -0.25) is 9.59 Å². The minimum atomic E-state index is -0.599. The van der Waals surface area contributed by atoms with E-state index in [9.17, 15) is 9.59 Å². The molecule has 0 saturated heterocycles. The number of hydrogen-bond acceptors (Lipinski definition) is 3. The van der Waals surface area contributed by atoms with Gasteiger partial charge in [0.05, 0.1) is 10.6 Å². The molecule has 2 amide bonds. The molecule has 5 nitrogen and oxygen atoms in total. The number of nitrogens with two attached hydrogens (primary N) is 1. The molecule has 102 valence electrons. The van der Waals surface area contributed by atoms with Gasteiger partial charge in [0, 0.05) is 12.6 Å². The molecule has 1 saturated carbocycles. The molecule has 1 heterocycles. The summed E-state index contributed by atoms with van der Waals surface area (Å²) in [4.78, 5) is 26.7. The monoisotopic (exact) mass is 281 g/mol. The largest absolute Gasteiger partial charge is 0.366 e. The fraction of sp³-hybridized carbons (Fsp3) is 0.462. The van der Waals surface area contributed by atoms with E-state index < -0.39 is 5.91 Å². The topological polar surface area (TPSA) is 85.1 Å². The summed E-state index contributed by atoms with van der Waals surface area (Å²) in [5.41, 5.74) is 5.34. The van der Waals surface area contributed by atoms with Crippen LogP contribution >= 0.6 is 11.6 Å². The first-order valence-electron chi connectivity index (χ1n) is 6.31. The Kier molecular flexibility index (Phi) is 4.37. The maximum absolute atomic E-state index is 11.8. The molecule has 3 N–H and O–H groups in total. The molecule has 1 aromatic rings. The molecular weight excluding hydrogens is 266 g/mol. The summed E-state index contributed by atoms with van der Waals surface area (Å²) in [6.07, 6.45) is 6.41. The molecule has 0 bridgehead atoms. The van der Waals surface area contributed by atoms with Gasteiger partial charge in [0.2, 0.25) is 11.8 Å². The molecule has 0 aliphatic heterocycles. The quantitative estimate of drug-likeness (QED) is 0.888. The van der Waals surface area contributed by atoms with Crippen LogP contribution in [0.15, 0.2) is 12.3 Å². The number of halogens is 1. The zero-order valence-corrected chi connectivity index (χ0v) is 11.2. The second kappa shape index (κ2) is 6.02. The van der Waals surface area contributed by atoms with Gasteiger partial charge in [-0.05, 0) is 24.8 Å². The van der Waals surface area contributed by atoms with Crippen LogP contribution in [-0.2, 0) is 4.79 Å². The summed E-state index contributed by atoms with van der Waals surface area (Å²) in [6, 6.07) is 1.40. The van der Waals surface area contributed by atoms with E-state index in [1.54, 1.807) is 0 Å². The van der Waals surface area contributed by atoms with Crippen molar-refractivity contribution in [1.82, 2.24) is 4.98 Å². The summed E-state index contributed by atoms with van der Waals surface area (Å²) < 4.78 is 0. The average molecular weight is 282 g/mol. The molecule has 0 aromatic carbocycles. The fourth-order valence-electron chi connectivity index (χ4n) is 2.32. The standard InChI is InChI=1S/C13H16ClN3O2/c14-10-6-9(12(15)19)7-16-13(10)17-11(18)5-8-3-1-2-4-8/h6-8H,1-5H2,(H2,15,19)(H,16,17,18). The molecular formula is C13H16ClN3O2. The Labute approximate surface area is 116 Å². The number of primary amides is 1. The fourth-order valence-corrected chi connectivity index (χ4v) is 2.54. The van der Waals surface area contributed by atoms with Gasteiger partial charge in [0.15, 0.2) is 5.82 Å². The van der Waals surface area contributed by atoms with Gasteiger partial charge in [-0.2, -0.15) is 0 Å². The molecule has 6 heteroatoms. The Morgan fingerprint density at radius 3 is 2.68 bits per heavy atom. The lowest BCUT2D eigenvalue weighted by Crippen LogP contribution is -2.17. The molecule has 1 fully saturated rings. The van der Waals surface area contributed by atoms with Crippen LogP contribution in [-0.4, -0.2) is 16.8 Å². The third-order valence-corrected chi connectivity index (χ3v) is 3.62. The van der Waals surface area contributed by atoms with Gasteiger partial charge in [-0.25, -0.2) is 4.98 Å². The Hall–Kier alpha value is -1.62. The number of nitrogens with zero attached hydrogens (tertiary/aromatic N) is 1. The molecule has 19 heavy (non-hydrogen) atoms. The SMILES string of the molecule is NC(=O)c1cnc(NC(=O)CC2CCCC2)c(Cl)c1. The molecule has 0 atom stereocenters. The second-order valence-corrected chi connectivity index (χ2v) is 5.23. The van der Waals surface area contributed by atoms with Gasteiger partial charge in [-0.1, -0.05) is 24.4 Å². The minimum Gasteiger partial charge on any atom is -0.366 e. The molecule has 0 unspecified atom stereocenters. The lowest BCUT2D eigenvalue weighted by molar-refractivity contribution is -0.117. The number of amides is 2. The van der Waals surface area contributed by atoms with Crippen molar-refractivity contribution >= 4 is 29.2 Å². The van der Waals surface area contributed by atoms with Crippen molar-refractivity contribution in [3.8, 4) is 0 Å². The molecule has 0 spiro atoms. The van der Waals surface area contributed by atoms with Crippen molar-refractivity contribution in [2.45, 2.75) is 32.1 Å². The molecule has 1 aromatic heterocycles. The Morgan fingerprint density at radius 1 is 1.42 bits per heavy atom. The number of rotatable bonds is 4. The third-order valence-electron chi connectivity index (χ3n) is 3.33. The van der Waals surface area contributed by atoms with Crippen molar-refractivity contribution in [3.63, 3.8) is 0 Å². The van der Waals surface area contributed by atoms with E-state index in [1.807, 2.05) is 0 Å². The smallest absolute Gasteiger partial charge is 0.250 e. The maximum Gasteiger partial charge on any atom is 0.250 e. The number of aromatic nitrogens is 1. The minimum absolute atomic E-state index is 0.0897. The van der Waals surface area contributed by atoms with Crippen LogP contribution in [0.1, 0.15) is 42.5 Å². The number of carbonyl (C=O) groups excluding carboxylic acids is 2. The summed E-state index contributed by atoms with van der Waals surface area (Å²) in [7, 11) is 0. The van der Waals surface area contributed by atoms with E-state index in [1.165, 1.54) is 25.1 Å². The summed E-state index contributed by atoms with van der Waals surface area (Å²) in [5.74, 6) is 0.0460. The van der Waals surface area contributed by atoms with Gasteiger partial charge in [0.25, 0.3) is 0 Å². The molecule has 1 aliphatic rings. The van der Waals surface area contributed by atoms with Gasteiger partial charge in [-0.15, -0.1) is 0 Å². The van der Waals surface area contributed by atoms with Crippen LogP contribution in [0, 0.1) is 5.92 Å². The van der Waals surface area contributed by atoms with Gasteiger partial charge < -0.3 is 11.1 Å². The highest BCUT2D eigenvalue weighted by molar-refractivity contribution is 6.33. The Morgan fingerprint density at radius 2 is 2.11 bits per heavy atom. The van der Waals surface area contributed by atoms with Crippen LogP contribution in [0.25, 0.3) is 0 Å². The summed E-state index contributed by atoms with van der Waals surface area (Å²) in [5, 5.41) is 2.89. The van der Waals surface area contributed by atoms with Crippen LogP contribution in [0.2, 0.25) is 5.02 Å². The summed E-state index contributed by atoms with van der Waals surface area (Å²) >= 11 is 5.95. The first kappa shape index (κ1) is 13.8. The van der Waals surface area contributed by atoms with Crippen molar-refractivity contribution < 1.29 is 9.59 Å². The zero-order chi connectivity index (χ0) is 13.8. The maximum atomic E-state index is 11.8. The highest BCUT2D eigenvalue weighted by Crippen LogP contribution is 2.28. The van der Waals surface area contributed by atoms with E-state index in [4.69, 9.17) is 17.3 Å². The molecule has 2 rings (SSSR count). The Bertz CT molecular complexity index is 499. The molecule has 0 radical (unpaired) electrons. The van der Waals surface area contributed by atoms with Gasteiger partial charge in [0.1, 0.15) is 0 Å². The highest BCUT2D eigenvalue weighted by atomic mass is 35.5. The first-order chi connectivity index (χ1) is 9.06. The lowest BCUT2D eigenvalue weighted by atomic mass is 10.0. The van der Waals surface area contributed by atoms with Gasteiger partial charge >= 0.3 is 0 Å². The van der Waals surface area contributed by atoms with Crippen molar-refractivity contribution in [3.05, 3.63) is 22.8 Å².